The lowest BCUT2D eigenvalue weighted by Gasteiger charge is -2.07. The van der Waals surface area contributed by atoms with Gasteiger partial charge >= 0.3 is 0 Å². The molecule has 1 aromatic heterocycles. The van der Waals surface area contributed by atoms with Crippen molar-refractivity contribution in [3.63, 3.8) is 0 Å². The molecule has 1 unspecified atom stereocenters. The Hall–Kier alpha value is -1.04. The van der Waals surface area contributed by atoms with Gasteiger partial charge in [0.25, 0.3) is 0 Å². The molecule has 1 aromatic carbocycles. The van der Waals surface area contributed by atoms with Gasteiger partial charge in [0.1, 0.15) is 5.03 Å². The van der Waals surface area contributed by atoms with Crippen molar-refractivity contribution in [3.05, 3.63) is 30.5 Å². The van der Waals surface area contributed by atoms with Crippen LogP contribution in [0.15, 0.2) is 35.5 Å². The van der Waals surface area contributed by atoms with Crippen molar-refractivity contribution in [2.45, 2.75) is 16.7 Å². The summed E-state index contributed by atoms with van der Waals surface area (Å²) in [6, 6.07) is 7.65. The summed E-state index contributed by atoms with van der Waals surface area (Å²) < 4.78 is 12.3. The third kappa shape index (κ3) is 2.53. The molecule has 4 nitrogen and oxygen atoms in total. The monoisotopic (exact) mass is 283 g/mol. The van der Waals surface area contributed by atoms with E-state index in [1.807, 2.05) is 24.3 Å². The fourth-order valence-electron chi connectivity index (χ4n) is 2.02. The molecule has 0 radical (unpaired) electrons. The van der Waals surface area contributed by atoms with E-state index in [0.717, 1.165) is 30.5 Å². The Kier molecular flexibility index (Phi) is 4.27. The van der Waals surface area contributed by atoms with E-state index in [9.17, 15) is 4.21 Å². The molecule has 2 atom stereocenters. The van der Waals surface area contributed by atoms with E-state index in [1.165, 1.54) is 0 Å². The lowest BCUT2D eigenvalue weighted by atomic mass is 10.3. The number of halogens is 1. The van der Waals surface area contributed by atoms with Crippen LogP contribution in [0.3, 0.4) is 0 Å². The molecule has 18 heavy (non-hydrogen) atoms. The van der Waals surface area contributed by atoms with Crippen molar-refractivity contribution < 1.29 is 4.21 Å². The molecule has 1 fully saturated rings. The first kappa shape index (κ1) is 13.4. The highest BCUT2D eigenvalue weighted by Crippen LogP contribution is 2.16. The Morgan fingerprint density at radius 2 is 2.06 bits per heavy atom. The number of benzene rings is 1. The molecule has 2 aromatic rings. The van der Waals surface area contributed by atoms with Gasteiger partial charge in [0, 0.05) is 6.54 Å². The number of nitrogens with one attached hydrogen (secondary N) is 1. The lowest BCUT2D eigenvalue weighted by Crippen LogP contribution is -2.19. The molecule has 2 heterocycles. The maximum Gasteiger partial charge on any atom is 0.146 e. The minimum atomic E-state index is -1.05. The van der Waals surface area contributed by atoms with Crippen LogP contribution in [0.4, 0.5) is 0 Å². The number of fused-ring (bicyclic) bond motifs is 1. The van der Waals surface area contributed by atoms with Gasteiger partial charge in [0.15, 0.2) is 0 Å². The summed E-state index contributed by atoms with van der Waals surface area (Å²) in [5, 5.41) is 3.99. The van der Waals surface area contributed by atoms with Gasteiger partial charge in [-0.25, -0.2) is 4.98 Å². The largest absolute Gasteiger partial charge is 0.315 e. The molecule has 0 amide bonds. The van der Waals surface area contributed by atoms with Crippen LogP contribution in [0, 0.1) is 0 Å². The first-order valence-corrected chi connectivity index (χ1v) is 6.89. The molecule has 6 heteroatoms. The number of aromatic nitrogens is 2. The lowest BCUT2D eigenvalue weighted by molar-refractivity contribution is 0.669. The summed E-state index contributed by atoms with van der Waals surface area (Å²) in [5.41, 5.74) is 1.65. The van der Waals surface area contributed by atoms with Gasteiger partial charge in [-0.15, -0.1) is 12.4 Å². The maximum atomic E-state index is 12.3. The van der Waals surface area contributed by atoms with Crippen molar-refractivity contribution in [3.8, 4) is 0 Å². The molecular formula is C12H14ClN3OS. The molecule has 0 bridgehead atoms. The molecule has 1 aliphatic heterocycles. The van der Waals surface area contributed by atoms with E-state index >= 15 is 0 Å². The molecule has 1 saturated heterocycles. The van der Waals surface area contributed by atoms with Crippen LogP contribution in [0.2, 0.25) is 0 Å². The van der Waals surface area contributed by atoms with E-state index in [-0.39, 0.29) is 17.7 Å². The molecule has 0 saturated carbocycles. The highest BCUT2D eigenvalue weighted by atomic mass is 35.5. The Morgan fingerprint density at radius 1 is 1.28 bits per heavy atom. The number of hydrogen-bond acceptors (Lipinski definition) is 4. The van der Waals surface area contributed by atoms with Crippen molar-refractivity contribution in [2.75, 3.05) is 13.1 Å². The van der Waals surface area contributed by atoms with Crippen molar-refractivity contribution in [1.82, 2.24) is 15.3 Å². The van der Waals surface area contributed by atoms with Gasteiger partial charge in [-0.1, -0.05) is 12.1 Å². The smallest absolute Gasteiger partial charge is 0.146 e. The van der Waals surface area contributed by atoms with Gasteiger partial charge in [0.05, 0.1) is 33.3 Å². The second kappa shape index (κ2) is 5.73. The first-order valence-electron chi connectivity index (χ1n) is 5.68. The summed E-state index contributed by atoms with van der Waals surface area (Å²) >= 11 is 0. The van der Waals surface area contributed by atoms with Crippen LogP contribution in [-0.2, 0) is 10.8 Å². The molecule has 3 rings (SSSR count). The fourth-order valence-corrected chi connectivity index (χ4v) is 3.31. The zero-order valence-corrected chi connectivity index (χ0v) is 11.3. The number of nitrogens with zero attached hydrogens (tertiary/aromatic N) is 2. The first-order chi connectivity index (χ1) is 8.34. The van der Waals surface area contributed by atoms with E-state index in [0.29, 0.717) is 5.03 Å². The second-order valence-electron chi connectivity index (χ2n) is 4.11. The van der Waals surface area contributed by atoms with Gasteiger partial charge in [-0.05, 0) is 25.1 Å². The van der Waals surface area contributed by atoms with Crippen molar-refractivity contribution in [2.24, 2.45) is 0 Å². The predicted octanol–water partition coefficient (Wildman–Crippen LogP) is 1.52. The Bertz CT molecular complexity index is 572. The Labute approximate surface area is 114 Å². The van der Waals surface area contributed by atoms with Crippen molar-refractivity contribution in [1.29, 1.82) is 0 Å². The van der Waals surface area contributed by atoms with E-state index in [4.69, 9.17) is 0 Å². The minimum absolute atomic E-state index is 0. The Morgan fingerprint density at radius 3 is 2.78 bits per heavy atom. The summed E-state index contributed by atoms with van der Waals surface area (Å²) in [7, 11) is -1.05. The quantitative estimate of drug-likeness (QED) is 0.908. The summed E-state index contributed by atoms with van der Waals surface area (Å²) in [4.78, 5) is 8.73. The summed E-state index contributed by atoms with van der Waals surface area (Å²) in [6.07, 6.45) is 2.58. The zero-order valence-electron chi connectivity index (χ0n) is 9.70. The average Bonchev–Trinajstić information content (AvgIpc) is 2.91. The number of para-hydroxylation sites is 2. The summed E-state index contributed by atoms with van der Waals surface area (Å²) in [5.74, 6) is 0. The number of rotatable bonds is 2. The fraction of sp³-hybridized carbons (Fsp3) is 0.333. The molecule has 96 valence electrons. The highest BCUT2D eigenvalue weighted by Gasteiger charge is 2.23. The Balaban J connectivity index is 0.00000120. The van der Waals surface area contributed by atoms with Gasteiger partial charge in [-0.2, -0.15) is 0 Å². The SMILES string of the molecule is Cl.O=S(c1cnc2ccccc2n1)[C@H]1CCNC1. The van der Waals surface area contributed by atoms with Gasteiger partial charge in [0.2, 0.25) is 0 Å². The molecule has 0 spiro atoms. The second-order valence-corrected chi connectivity index (χ2v) is 5.79. The van der Waals surface area contributed by atoms with Crippen LogP contribution in [-0.4, -0.2) is 32.5 Å². The van der Waals surface area contributed by atoms with E-state index in [2.05, 4.69) is 15.3 Å². The van der Waals surface area contributed by atoms with Gasteiger partial charge < -0.3 is 5.32 Å². The average molecular weight is 284 g/mol. The standard InChI is InChI=1S/C12H13N3OS.ClH/c16-17(9-5-6-13-7-9)12-8-14-10-3-1-2-4-11(10)15-12;/h1-4,8-9,13H,5-7H2;1H/t9-,17?;/m0./s1. The third-order valence-corrected chi connectivity index (χ3v) is 4.57. The normalized spacial score (nSPS) is 20.6. The van der Waals surface area contributed by atoms with E-state index in [1.54, 1.807) is 6.20 Å². The summed E-state index contributed by atoms with van der Waals surface area (Å²) in [6.45, 7) is 1.75. The predicted molar refractivity (Wildman–Crippen MR) is 74.5 cm³/mol. The van der Waals surface area contributed by atoms with Crippen LogP contribution < -0.4 is 5.32 Å². The topological polar surface area (TPSA) is 54.9 Å². The van der Waals surface area contributed by atoms with Crippen LogP contribution in [0.25, 0.3) is 11.0 Å². The molecule has 0 aliphatic carbocycles. The molecular weight excluding hydrogens is 270 g/mol. The van der Waals surface area contributed by atoms with Crippen LogP contribution >= 0.6 is 12.4 Å². The zero-order chi connectivity index (χ0) is 11.7. The van der Waals surface area contributed by atoms with Crippen molar-refractivity contribution >= 4 is 34.2 Å². The van der Waals surface area contributed by atoms with Gasteiger partial charge in [-0.3, -0.25) is 9.19 Å². The van der Waals surface area contributed by atoms with Crippen LogP contribution in [0.1, 0.15) is 6.42 Å². The molecule has 1 aliphatic rings. The van der Waals surface area contributed by atoms with Crippen LogP contribution in [0.5, 0.6) is 0 Å². The minimum Gasteiger partial charge on any atom is -0.315 e. The maximum absolute atomic E-state index is 12.3. The highest BCUT2D eigenvalue weighted by molar-refractivity contribution is 7.85. The third-order valence-electron chi connectivity index (χ3n) is 2.95. The van der Waals surface area contributed by atoms with E-state index < -0.39 is 10.8 Å². The molecule has 1 N–H and O–H groups in total. The number of hydrogen-bond donors (Lipinski definition) is 1.